The number of carbonyl (C=O) groups excluding carboxylic acids is 1. The monoisotopic (exact) mass is 300 g/mol. The number of amides is 1. The summed E-state index contributed by atoms with van der Waals surface area (Å²) in [6, 6.07) is 0. The molecule has 0 heterocycles. The standard InChI is InChI=1S/C15H28N2O2S/c1-19-12-8-4-7-11-17-14(18)15(13(16)20)9-5-2-3-6-10-15/h2-12H2,1H3,(H2,16,20)(H,17,18). The normalized spacial score (nSPS) is 18.2. The highest BCUT2D eigenvalue weighted by molar-refractivity contribution is 7.80. The predicted molar refractivity (Wildman–Crippen MR) is 85.7 cm³/mol. The van der Waals surface area contributed by atoms with Crippen LogP contribution < -0.4 is 11.1 Å². The van der Waals surface area contributed by atoms with E-state index in [2.05, 4.69) is 5.32 Å². The third kappa shape index (κ3) is 5.02. The quantitative estimate of drug-likeness (QED) is 0.411. The van der Waals surface area contributed by atoms with Crippen molar-refractivity contribution in [2.75, 3.05) is 20.3 Å². The van der Waals surface area contributed by atoms with Crippen molar-refractivity contribution in [3.63, 3.8) is 0 Å². The lowest BCUT2D eigenvalue weighted by molar-refractivity contribution is -0.128. The van der Waals surface area contributed by atoms with Crippen molar-refractivity contribution < 1.29 is 9.53 Å². The molecular weight excluding hydrogens is 272 g/mol. The molecule has 0 aromatic rings. The second-order valence-corrected chi connectivity index (χ2v) is 6.11. The average Bonchev–Trinajstić information content (AvgIpc) is 2.69. The lowest BCUT2D eigenvalue weighted by atomic mass is 9.79. The zero-order valence-corrected chi connectivity index (χ0v) is 13.4. The van der Waals surface area contributed by atoms with Crippen LogP contribution in [-0.2, 0) is 9.53 Å². The van der Waals surface area contributed by atoms with Crippen molar-refractivity contribution in [1.82, 2.24) is 5.32 Å². The second kappa shape index (κ2) is 9.29. The molecular formula is C15H28N2O2S. The Morgan fingerprint density at radius 3 is 2.40 bits per heavy atom. The van der Waals surface area contributed by atoms with E-state index in [9.17, 15) is 4.79 Å². The number of methoxy groups -OCH3 is 1. The first-order chi connectivity index (χ1) is 9.63. The Morgan fingerprint density at radius 1 is 1.20 bits per heavy atom. The van der Waals surface area contributed by atoms with Crippen LogP contribution in [0.2, 0.25) is 0 Å². The molecule has 1 rings (SSSR count). The van der Waals surface area contributed by atoms with Gasteiger partial charge >= 0.3 is 0 Å². The summed E-state index contributed by atoms with van der Waals surface area (Å²) in [4.78, 5) is 12.9. The number of unbranched alkanes of at least 4 members (excludes halogenated alkanes) is 2. The van der Waals surface area contributed by atoms with Crippen LogP contribution in [0.25, 0.3) is 0 Å². The summed E-state index contributed by atoms with van der Waals surface area (Å²) < 4.78 is 5.01. The Labute approximate surface area is 127 Å². The van der Waals surface area contributed by atoms with Crippen molar-refractivity contribution in [3.8, 4) is 0 Å². The van der Waals surface area contributed by atoms with Gasteiger partial charge in [0, 0.05) is 20.3 Å². The van der Waals surface area contributed by atoms with Gasteiger partial charge in [0.1, 0.15) is 0 Å². The first-order valence-corrected chi connectivity index (χ1v) is 8.11. The maximum atomic E-state index is 12.5. The lowest BCUT2D eigenvalue weighted by Gasteiger charge is -2.30. The number of hydrogen-bond acceptors (Lipinski definition) is 3. The van der Waals surface area contributed by atoms with Gasteiger partial charge in [0.05, 0.1) is 10.4 Å². The molecule has 4 nitrogen and oxygen atoms in total. The fourth-order valence-electron chi connectivity index (χ4n) is 2.84. The van der Waals surface area contributed by atoms with Gasteiger partial charge in [0.25, 0.3) is 0 Å². The van der Waals surface area contributed by atoms with E-state index in [1.165, 1.54) is 12.8 Å². The average molecular weight is 300 g/mol. The van der Waals surface area contributed by atoms with Crippen molar-refractivity contribution in [1.29, 1.82) is 0 Å². The van der Waals surface area contributed by atoms with Crippen LogP contribution in [0.5, 0.6) is 0 Å². The van der Waals surface area contributed by atoms with Gasteiger partial charge < -0.3 is 15.8 Å². The van der Waals surface area contributed by atoms with Crippen molar-refractivity contribution >= 4 is 23.1 Å². The molecule has 0 bridgehead atoms. The first-order valence-electron chi connectivity index (χ1n) is 7.70. The summed E-state index contributed by atoms with van der Waals surface area (Å²) in [6.07, 6.45) is 9.11. The Morgan fingerprint density at radius 2 is 1.85 bits per heavy atom. The number of thiocarbonyl (C=S) groups is 1. The van der Waals surface area contributed by atoms with Crippen LogP contribution in [0.1, 0.15) is 57.8 Å². The van der Waals surface area contributed by atoms with Gasteiger partial charge in [-0.15, -0.1) is 0 Å². The lowest BCUT2D eigenvalue weighted by Crippen LogP contribution is -2.49. The highest BCUT2D eigenvalue weighted by atomic mass is 32.1. The number of nitrogens with two attached hydrogens (primary N) is 1. The third-order valence-electron chi connectivity index (χ3n) is 4.17. The summed E-state index contributed by atoms with van der Waals surface area (Å²) in [6.45, 7) is 1.48. The molecule has 0 aromatic heterocycles. The minimum atomic E-state index is -0.599. The zero-order chi connectivity index (χ0) is 14.8. The molecule has 1 saturated carbocycles. The molecule has 0 aliphatic heterocycles. The van der Waals surface area contributed by atoms with E-state index in [1.54, 1.807) is 7.11 Å². The summed E-state index contributed by atoms with van der Waals surface area (Å²) in [7, 11) is 1.71. The van der Waals surface area contributed by atoms with Crippen LogP contribution in [-0.4, -0.2) is 31.2 Å². The van der Waals surface area contributed by atoms with Crippen LogP contribution in [0.4, 0.5) is 0 Å². The Balaban J connectivity index is 2.42. The molecule has 3 N–H and O–H groups in total. The molecule has 1 amide bonds. The van der Waals surface area contributed by atoms with Gasteiger partial charge in [-0.25, -0.2) is 0 Å². The van der Waals surface area contributed by atoms with E-state index in [1.807, 2.05) is 0 Å². The SMILES string of the molecule is COCCCCCNC(=O)C1(C(N)=S)CCCCCC1. The molecule has 1 aliphatic carbocycles. The van der Waals surface area contributed by atoms with E-state index in [0.717, 1.165) is 51.6 Å². The Bertz CT molecular complexity index is 313. The van der Waals surface area contributed by atoms with Gasteiger partial charge in [-0.1, -0.05) is 37.9 Å². The predicted octanol–water partition coefficient (Wildman–Crippen LogP) is 2.55. The smallest absolute Gasteiger partial charge is 0.233 e. The largest absolute Gasteiger partial charge is 0.392 e. The summed E-state index contributed by atoms with van der Waals surface area (Å²) in [5.41, 5.74) is 5.30. The molecule has 0 spiro atoms. The Kier molecular flexibility index (Phi) is 8.07. The van der Waals surface area contributed by atoms with E-state index in [4.69, 9.17) is 22.7 Å². The van der Waals surface area contributed by atoms with Crippen LogP contribution in [0.3, 0.4) is 0 Å². The molecule has 0 saturated heterocycles. The molecule has 116 valence electrons. The van der Waals surface area contributed by atoms with Crippen molar-refractivity contribution in [2.45, 2.75) is 57.8 Å². The van der Waals surface area contributed by atoms with Gasteiger partial charge in [0.15, 0.2) is 0 Å². The van der Waals surface area contributed by atoms with Gasteiger partial charge in [0.2, 0.25) is 5.91 Å². The second-order valence-electron chi connectivity index (χ2n) is 5.67. The number of hydrogen-bond donors (Lipinski definition) is 2. The molecule has 0 aromatic carbocycles. The minimum Gasteiger partial charge on any atom is -0.392 e. The van der Waals surface area contributed by atoms with Crippen LogP contribution >= 0.6 is 12.2 Å². The first kappa shape index (κ1) is 17.4. The molecule has 0 unspecified atom stereocenters. The molecule has 0 atom stereocenters. The van der Waals surface area contributed by atoms with Crippen molar-refractivity contribution in [2.24, 2.45) is 11.1 Å². The Hall–Kier alpha value is -0.680. The highest BCUT2D eigenvalue weighted by Gasteiger charge is 2.41. The summed E-state index contributed by atoms with van der Waals surface area (Å²) in [5.74, 6) is 0.0404. The topological polar surface area (TPSA) is 64.3 Å². The molecule has 1 aliphatic rings. The fraction of sp³-hybridized carbons (Fsp3) is 0.867. The molecule has 5 heteroatoms. The highest BCUT2D eigenvalue weighted by Crippen LogP contribution is 2.35. The molecule has 1 fully saturated rings. The number of ether oxygens (including phenoxy) is 1. The van der Waals surface area contributed by atoms with E-state index in [-0.39, 0.29) is 5.91 Å². The number of carbonyl (C=O) groups is 1. The maximum absolute atomic E-state index is 12.5. The van der Waals surface area contributed by atoms with Gasteiger partial charge in [-0.3, -0.25) is 4.79 Å². The van der Waals surface area contributed by atoms with E-state index in [0.29, 0.717) is 11.5 Å². The summed E-state index contributed by atoms with van der Waals surface area (Å²) in [5, 5.41) is 3.03. The third-order valence-corrected chi connectivity index (χ3v) is 4.56. The molecule has 20 heavy (non-hydrogen) atoms. The summed E-state index contributed by atoms with van der Waals surface area (Å²) >= 11 is 5.20. The van der Waals surface area contributed by atoms with Gasteiger partial charge in [-0.2, -0.15) is 0 Å². The minimum absolute atomic E-state index is 0.0404. The molecule has 0 radical (unpaired) electrons. The zero-order valence-electron chi connectivity index (χ0n) is 12.6. The number of nitrogens with one attached hydrogen (secondary N) is 1. The van der Waals surface area contributed by atoms with Crippen LogP contribution in [0, 0.1) is 5.41 Å². The fourth-order valence-corrected chi connectivity index (χ4v) is 3.13. The number of rotatable bonds is 8. The van der Waals surface area contributed by atoms with Crippen LogP contribution in [0.15, 0.2) is 0 Å². The maximum Gasteiger partial charge on any atom is 0.233 e. The van der Waals surface area contributed by atoms with E-state index >= 15 is 0 Å². The van der Waals surface area contributed by atoms with Gasteiger partial charge in [-0.05, 0) is 32.1 Å². The van der Waals surface area contributed by atoms with E-state index < -0.39 is 5.41 Å². The van der Waals surface area contributed by atoms with Crippen molar-refractivity contribution in [3.05, 3.63) is 0 Å².